The number of anilines is 3. The second kappa shape index (κ2) is 14.6. The summed E-state index contributed by atoms with van der Waals surface area (Å²) in [4.78, 5) is 2.49. The topological polar surface area (TPSA) is 3.24 Å². The van der Waals surface area contributed by atoms with Gasteiger partial charge < -0.3 is 4.90 Å². The van der Waals surface area contributed by atoms with Crippen LogP contribution in [-0.2, 0) is 10.8 Å². The average molecular weight is 846 g/mol. The molecule has 1 nitrogen and oxygen atoms in total. The van der Waals surface area contributed by atoms with Crippen molar-refractivity contribution in [3.63, 3.8) is 0 Å². The fourth-order valence-corrected chi connectivity index (χ4v) is 12.6. The lowest BCUT2D eigenvalue weighted by Crippen LogP contribution is -2.28. The van der Waals surface area contributed by atoms with Gasteiger partial charge in [-0.2, -0.15) is 0 Å². The summed E-state index contributed by atoms with van der Waals surface area (Å²) in [7, 11) is 0. The maximum absolute atomic E-state index is 2.49. The highest BCUT2D eigenvalue weighted by Gasteiger charge is 2.46. The Morgan fingerprint density at radius 1 is 0.323 bits per heavy atom. The maximum atomic E-state index is 2.49. The Hall–Kier alpha value is -7.78. The van der Waals surface area contributed by atoms with E-state index >= 15 is 0 Å². The Kier molecular flexibility index (Phi) is 8.50. The van der Waals surface area contributed by atoms with Crippen LogP contribution in [0, 0.1) is 0 Å². The van der Waals surface area contributed by atoms with Crippen molar-refractivity contribution >= 4 is 48.6 Å². The summed E-state index contributed by atoms with van der Waals surface area (Å²) < 4.78 is 2.63. The molecule has 2 aliphatic rings. The van der Waals surface area contributed by atoms with E-state index in [0.717, 1.165) is 17.1 Å². The Balaban J connectivity index is 1.04. The minimum atomic E-state index is -0.472. The van der Waals surface area contributed by atoms with E-state index < -0.39 is 5.41 Å². The summed E-state index contributed by atoms with van der Waals surface area (Å²) in [6.45, 7) is 2.41. The van der Waals surface area contributed by atoms with Crippen molar-refractivity contribution < 1.29 is 0 Å². The first-order valence-electron chi connectivity index (χ1n) is 22.6. The largest absolute Gasteiger partial charge is 0.310 e. The zero-order chi connectivity index (χ0) is 43.1. The second-order valence-electron chi connectivity index (χ2n) is 17.7. The van der Waals surface area contributed by atoms with Gasteiger partial charge in [0.05, 0.1) is 5.41 Å². The third-order valence-electron chi connectivity index (χ3n) is 14.4. The molecule has 1 atom stereocenters. The van der Waals surface area contributed by atoms with Gasteiger partial charge in [-0.15, -0.1) is 11.3 Å². The van der Waals surface area contributed by atoms with Gasteiger partial charge in [-0.1, -0.05) is 194 Å². The molecule has 0 bridgehead atoms. The SMILES string of the molecule is CC1(c2ccccc2)c2ccccc2-c2ccc(N(c3cccc(-c4ccc5c(c4)sc4ccccc45)c3)c3ccc4c(c3)-c3ccccc3C4(c3ccccc3)c3ccccc3)cc21. The first-order chi connectivity index (χ1) is 32.1. The molecule has 11 aromatic rings. The molecule has 0 saturated heterocycles. The van der Waals surface area contributed by atoms with E-state index in [1.54, 1.807) is 0 Å². The summed E-state index contributed by atoms with van der Waals surface area (Å²) in [6.07, 6.45) is 0. The number of benzene rings is 10. The van der Waals surface area contributed by atoms with Crippen molar-refractivity contribution in [2.45, 2.75) is 17.8 Å². The molecule has 0 fully saturated rings. The number of nitrogens with zero attached hydrogens (tertiary/aromatic N) is 1. The average Bonchev–Trinajstić information content (AvgIpc) is 3.99. The van der Waals surface area contributed by atoms with E-state index in [0.29, 0.717) is 0 Å². The first kappa shape index (κ1) is 37.7. The molecular weight excluding hydrogens is 803 g/mol. The number of fused-ring (bicyclic) bond motifs is 9. The minimum absolute atomic E-state index is 0.335. The standard InChI is InChI=1S/C63H43NS/c1-62(44-19-5-2-6-20-44)56-29-14-11-26-50(56)52-36-33-49(41-59(52)62)64(47-25-17-18-42(38-47)43-32-35-54-53-28-13-16-31-60(53)65-61(54)39-43)48-34-37-58-55(40-48)51-27-12-15-30-57(51)63(58,45-21-7-3-8-22-45)46-23-9-4-10-24-46/h2-41H,1H3. The van der Waals surface area contributed by atoms with Gasteiger partial charge in [0.2, 0.25) is 0 Å². The molecule has 2 heteroatoms. The number of rotatable bonds is 7. The van der Waals surface area contributed by atoms with E-state index in [2.05, 4.69) is 254 Å². The molecule has 1 unspecified atom stereocenters. The molecular formula is C63H43NS. The molecule has 306 valence electrons. The van der Waals surface area contributed by atoms with E-state index in [4.69, 9.17) is 0 Å². The third-order valence-corrected chi connectivity index (χ3v) is 15.6. The molecule has 2 aliphatic carbocycles. The van der Waals surface area contributed by atoms with Crippen LogP contribution in [0.3, 0.4) is 0 Å². The highest BCUT2D eigenvalue weighted by atomic mass is 32.1. The quantitative estimate of drug-likeness (QED) is 0.154. The van der Waals surface area contributed by atoms with Gasteiger partial charge in [0.1, 0.15) is 0 Å². The molecule has 0 saturated carbocycles. The molecule has 1 heterocycles. The normalized spacial score (nSPS) is 15.3. The zero-order valence-electron chi connectivity index (χ0n) is 35.9. The molecule has 65 heavy (non-hydrogen) atoms. The van der Waals surface area contributed by atoms with Gasteiger partial charge in [0.25, 0.3) is 0 Å². The van der Waals surface area contributed by atoms with Crippen molar-refractivity contribution in [3.8, 4) is 33.4 Å². The highest BCUT2D eigenvalue weighted by Crippen LogP contribution is 2.58. The molecule has 0 radical (unpaired) electrons. The predicted octanol–water partition coefficient (Wildman–Crippen LogP) is 16.9. The smallest absolute Gasteiger partial charge is 0.0713 e. The lowest BCUT2D eigenvalue weighted by atomic mass is 9.68. The van der Waals surface area contributed by atoms with Crippen LogP contribution < -0.4 is 4.90 Å². The van der Waals surface area contributed by atoms with Crippen molar-refractivity contribution in [1.29, 1.82) is 0 Å². The number of thiophene rings is 1. The molecule has 1 aromatic heterocycles. The molecule has 0 spiro atoms. The van der Waals surface area contributed by atoms with Gasteiger partial charge >= 0.3 is 0 Å². The Morgan fingerprint density at radius 3 is 1.62 bits per heavy atom. The van der Waals surface area contributed by atoms with Crippen LogP contribution in [0.5, 0.6) is 0 Å². The van der Waals surface area contributed by atoms with Crippen LogP contribution in [0.2, 0.25) is 0 Å². The summed E-state index contributed by atoms with van der Waals surface area (Å²) in [5.74, 6) is 0. The lowest BCUT2D eigenvalue weighted by molar-refractivity contribution is 0.714. The van der Waals surface area contributed by atoms with Gasteiger partial charge in [0.15, 0.2) is 0 Å². The second-order valence-corrected chi connectivity index (χ2v) is 18.8. The molecule has 10 aromatic carbocycles. The first-order valence-corrected chi connectivity index (χ1v) is 23.4. The van der Waals surface area contributed by atoms with Crippen LogP contribution in [0.1, 0.15) is 45.9 Å². The Labute approximate surface area is 384 Å². The molecule has 0 N–H and O–H groups in total. The van der Waals surface area contributed by atoms with Crippen LogP contribution in [-0.4, -0.2) is 0 Å². The van der Waals surface area contributed by atoms with Crippen molar-refractivity contribution in [2.75, 3.05) is 4.90 Å². The van der Waals surface area contributed by atoms with Crippen LogP contribution in [0.4, 0.5) is 17.1 Å². The third kappa shape index (κ3) is 5.57. The van der Waals surface area contributed by atoms with Gasteiger partial charge in [-0.25, -0.2) is 0 Å². The number of hydrogen-bond donors (Lipinski definition) is 0. The van der Waals surface area contributed by atoms with E-state index in [1.807, 2.05) is 11.3 Å². The monoisotopic (exact) mass is 845 g/mol. The summed E-state index contributed by atoms with van der Waals surface area (Å²) in [5, 5.41) is 2.63. The van der Waals surface area contributed by atoms with Gasteiger partial charge in [0, 0.05) is 42.6 Å². The maximum Gasteiger partial charge on any atom is 0.0713 e. The lowest BCUT2D eigenvalue weighted by Gasteiger charge is -2.34. The number of hydrogen-bond acceptors (Lipinski definition) is 2. The summed E-state index contributed by atoms with van der Waals surface area (Å²) in [6, 6.07) is 90.5. The van der Waals surface area contributed by atoms with Gasteiger partial charge in [-0.3, -0.25) is 0 Å². The van der Waals surface area contributed by atoms with E-state index in [9.17, 15) is 0 Å². The Morgan fingerprint density at radius 2 is 0.862 bits per heavy atom. The molecule has 13 rings (SSSR count). The minimum Gasteiger partial charge on any atom is -0.310 e. The molecule has 0 aliphatic heterocycles. The zero-order valence-corrected chi connectivity index (χ0v) is 36.8. The highest BCUT2D eigenvalue weighted by molar-refractivity contribution is 7.25. The predicted molar refractivity (Wildman–Crippen MR) is 274 cm³/mol. The fourth-order valence-electron chi connectivity index (χ4n) is 11.5. The Bertz CT molecular complexity index is 3580. The van der Waals surface area contributed by atoms with Crippen molar-refractivity contribution in [2.24, 2.45) is 0 Å². The van der Waals surface area contributed by atoms with Gasteiger partial charge in [-0.05, 0) is 128 Å². The van der Waals surface area contributed by atoms with Crippen molar-refractivity contribution in [3.05, 3.63) is 282 Å². The van der Waals surface area contributed by atoms with Crippen LogP contribution in [0.15, 0.2) is 243 Å². The fraction of sp³-hybridized carbons (Fsp3) is 0.0476. The van der Waals surface area contributed by atoms with Crippen LogP contribution >= 0.6 is 11.3 Å². The molecule has 0 amide bonds. The van der Waals surface area contributed by atoms with Crippen molar-refractivity contribution in [1.82, 2.24) is 0 Å². The van der Waals surface area contributed by atoms with E-state index in [1.165, 1.54) is 92.5 Å². The van der Waals surface area contributed by atoms with E-state index in [-0.39, 0.29) is 5.41 Å². The summed E-state index contributed by atoms with van der Waals surface area (Å²) in [5.41, 5.74) is 19.2. The van der Waals surface area contributed by atoms with Crippen LogP contribution in [0.25, 0.3) is 53.6 Å². The summed E-state index contributed by atoms with van der Waals surface area (Å²) >= 11 is 1.87.